The van der Waals surface area contributed by atoms with Crippen LogP contribution in [-0.2, 0) is 0 Å². The molecule has 1 aromatic carbocycles. The maximum Gasteiger partial charge on any atom is 0.137 e. The monoisotopic (exact) mass is 304 g/mol. The molecular weight excluding hydrogens is 284 g/mol. The highest BCUT2D eigenvalue weighted by atomic mass is 35.5. The van der Waals surface area contributed by atoms with Crippen LogP contribution in [0.1, 0.15) is 37.4 Å². The fraction of sp³-hybridized carbons (Fsp3) is 0.353. The highest BCUT2D eigenvalue weighted by Crippen LogP contribution is 2.26. The van der Waals surface area contributed by atoms with E-state index >= 15 is 0 Å². The molecule has 1 aromatic heterocycles. The van der Waals surface area contributed by atoms with Gasteiger partial charge < -0.3 is 10.1 Å². The molecule has 2 aromatic rings. The van der Waals surface area contributed by atoms with E-state index in [0.29, 0.717) is 6.61 Å². The third-order valence-corrected chi connectivity index (χ3v) is 3.37. The molecule has 0 radical (unpaired) electrons. The molecule has 0 saturated heterocycles. The Hall–Kier alpha value is -1.58. The van der Waals surface area contributed by atoms with E-state index in [9.17, 15) is 0 Å². The number of nitrogens with one attached hydrogen (secondary N) is 1. The molecule has 2 rings (SSSR count). The van der Waals surface area contributed by atoms with Gasteiger partial charge in [-0.15, -0.1) is 0 Å². The van der Waals surface area contributed by atoms with Gasteiger partial charge in [0.05, 0.1) is 18.8 Å². The van der Waals surface area contributed by atoms with Crippen LogP contribution in [-0.4, -0.2) is 18.1 Å². The number of aromatic nitrogens is 1. The summed E-state index contributed by atoms with van der Waals surface area (Å²) in [5.41, 5.74) is 2.20. The molecule has 21 heavy (non-hydrogen) atoms. The molecule has 1 atom stereocenters. The Bertz CT molecular complexity index is 574. The summed E-state index contributed by atoms with van der Waals surface area (Å²) in [7, 11) is 0. The van der Waals surface area contributed by atoms with Crippen molar-refractivity contribution in [1.29, 1.82) is 0 Å². The summed E-state index contributed by atoms with van der Waals surface area (Å²) >= 11 is 6.11. The highest BCUT2D eigenvalue weighted by molar-refractivity contribution is 6.30. The van der Waals surface area contributed by atoms with Crippen LogP contribution in [0.4, 0.5) is 0 Å². The minimum atomic E-state index is 0.0615. The lowest BCUT2D eigenvalue weighted by atomic mass is 10.00. The van der Waals surface area contributed by atoms with Crippen LogP contribution in [0.15, 0.2) is 42.7 Å². The lowest BCUT2D eigenvalue weighted by Crippen LogP contribution is -2.22. The molecule has 0 spiro atoms. The minimum absolute atomic E-state index is 0.0615. The van der Waals surface area contributed by atoms with Crippen LogP contribution in [0, 0.1) is 0 Å². The molecule has 0 fully saturated rings. The summed E-state index contributed by atoms with van der Waals surface area (Å²) in [6, 6.07) is 10.00. The molecule has 0 bridgehead atoms. The van der Waals surface area contributed by atoms with Gasteiger partial charge in [0.25, 0.3) is 0 Å². The number of hydrogen-bond acceptors (Lipinski definition) is 3. The van der Waals surface area contributed by atoms with Crippen molar-refractivity contribution in [3.8, 4) is 5.75 Å². The zero-order valence-corrected chi connectivity index (χ0v) is 13.2. The van der Waals surface area contributed by atoms with Gasteiger partial charge in [0.15, 0.2) is 0 Å². The summed E-state index contributed by atoms with van der Waals surface area (Å²) in [5.74, 6) is 0.805. The molecule has 3 nitrogen and oxygen atoms in total. The van der Waals surface area contributed by atoms with Crippen LogP contribution in [0.2, 0.25) is 5.02 Å². The van der Waals surface area contributed by atoms with Crippen molar-refractivity contribution in [2.75, 3.05) is 13.2 Å². The smallest absolute Gasteiger partial charge is 0.137 e. The lowest BCUT2D eigenvalue weighted by Gasteiger charge is -2.19. The second kappa shape index (κ2) is 8.01. The van der Waals surface area contributed by atoms with Crippen LogP contribution in [0.5, 0.6) is 5.75 Å². The molecule has 1 unspecified atom stereocenters. The van der Waals surface area contributed by atoms with E-state index in [0.717, 1.165) is 34.9 Å². The first-order valence-electron chi connectivity index (χ1n) is 7.31. The first-order valence-corrected chi connectivity index (χ1v) is 7.69. The molecule has 4 heteroatoms. The van der Waals surface area contributed by atoms with E-state index in [4.69, 9.17) is 16.3 Å². The third kappa shape index (κ3) is 4.45. The van der Waals surface area contributed by atoms with Crippen LogP contribution in [0.25, 0.3) is 0 Å². The molecule has 1 heterocycles. The number of rotatable bonds is 7. The molecule has 0 aliphatic rings. The van der Waals surface area contributed by atoms with Crippen LogP contribution < -0.4 is 10.1 Å². The number of halogens is 1. The fourth-order valence-electron chi connectivity index (χ4n) is 2.21. The van der Waals surface area contributed by atoms with E-state index in [-0.39, 0.29) is 6.04 Å². The quantitative estimate of drug-likeness (QED) is 0.831. The zero-order chi connectivity index (χ0) is 15.1. The van der Waals surface area contributed by atoms with Crippen molar-refractivity contribution in [2.45, 2.75) is 26.3 Å². The third-order valence-electron chi connectivity index (χ3n) is 3.13. The van der Waals surface area contributed by atoms with Gasteiger partial charge in [0.2, 0.25) is 0 Å². The average Bonchev–Trinajstić information content (AvgIpc) is 2.51. The van der Waals surface area contributed by atoms with Crippen molar-refractivity contribution in [3.05, 3.63) is 58.9 Å². The van der Waals surface area contributed by atoms with Crippen molar-refractivity contribution in [3.63, 3.8) is 0 Å². The van der Waals surface area contributed by atoms with Crippen LogP contribution in [0.3, 0.4) is 0 Å². The van der Waals surface area contributed by atoms with Crippen molar-refractivity contribution < 1.29 is 4.74 Å². The van der Waals surface area contributed by atoms with Gasteiger partial charge in [-0.2, -0.15) is 0 Å². The number of hydrogen-bond donors (Lipinski definition) is 1. The Morgan fingerprint density at radius 1 is 1.19 bits per heavy atom. The van der Waals surface area contributed by atoms with Gasteiger partial charge in [0, 0.05) is 11.2 Å². The van der Waals surface area contributed by atoms with E-state index in [2.05, 4.69) is 30.2 Å². The van der Waals surface area contributed by atoms with E-state index in [1.54, 1.807) is 6.20 Å². The fourth-order valence-corrected chi connectivity index (χ4v) is 2.41. The number of pyridine rings is 1. The van der Waals surface area contributed by atoms with Crippen molar-refractivity contribution in [1.82, 2.24) is 10.3 Å². The zero-order valence-electron chi connectivity index (χ0n) is 12.5. The van der Waals surface area contributed by atoms with Gasteiger partial charge in [-0.05, 0) is 42.3 Å². The molecule has 1 N–H and O–H groups in total. The molecular formula is C17H21ClN2O. The lowest BCUT2D eigenvalue weighted by molar-refractivity contribution is 0.315. The van der Waals surface area contributed by atoms with Gasteiger partial charge in [-0.3, -0.25) is 4.98 Å². The van der Waals surface area contributed by atoms with Crippen molar-refractivity contribution in [2.24, 2.45) is 0 Å². The molecule has 0 saturated carbocycles. The normalized spacial score (nSPS) is 12.1. The van der Waals surface area contributed by atoms with E-state index < -0.39 is 0 Å². The molecule has 0 aliphatic carbocycles. The summed E-state index contributed by atoms with van der Waals surface area (Å²) in [5, 5.41) is 4.21. The number of ether oxygens (including phenoxy) is 1. The Morgan fingerprint density at radius 3 is 2.76 bits per heavy atom. The average molecular weight is 305 g/mol. The molecule has 0 aliphatic heterocycles. The molecule has 0 amide bonds. The van der Waals surface area contributed by atoms with Gasteiger partial charge >= 0.3 is 0 Å². The first-order chi connectivity index (χ1) is 10.2. The largest absolute Gasteiger partial charge is 0.492 e. The Balaban J connectivity index is 2.29. The van der Waals surface area contributed by atoms with E-state index in [1.165, 1.54) is 0 Å². The maximum atomic E-state index is 6.11. The Kier molecular flexibility index (Phi) is 6.03. The summed E-state index contributed by atoms with van der Waals surface area (Å²) < 4.78 is 5.67. The Labute approximate surface area is 131 Å². The highest BCUT2D eigenvalue weighted by Gasteiger charge is 2.14. The Morgan fingerprint density at radius 2 is 2.05 bits per heavy atom. The maximum absolute atomic E-state index is 6.11. The van der Waals surface area contributed by atoms with Gasteiger partial charge in [-0.25, -0.2) is 0 Å². The van der Waals surface area contributed by atoms with Gasteiger partial charge in [-0.1, -0.05) is 37.6 Å². The standard InChI is InChI=1S/C17H21ClN2O/c1-3-8-21-16-10-14(11-19-12-16)17(20-4-2)13-6-5-7-15(18)9-13/h5-7,9-12,17,20H,3-4,8H2,1-2H3. The predicted molar refractivity (Wildman–Crippen MR) is 87.0 cm³/mol. The van der Waals surface area contributed by atoms with Crippen LogP contribution >= 0.6 is 11.6 Å². The number of benzene rings is 1. The first kappa shape index (κ1) is 15.8. The SMILES string of the molecule is CCCOc1cncc(C(NCC)c2cccc(Cl)c2)c1. The summed E-state index contributed by atoms with van der Waals surface area (Å²) in [4.78, 5) is 4.29. The molecule has 112 valence electrons. The van der Waals surface area contributed by atoms with Crippen molar-refractivity contribution >= 4 is 11.6 Å². The second-order valence-corrected chi connectivity index (χ2v) is 5.28. The van der Waals surface area contributed by atoms with Gasteiger partial charge in [0.1, 0.15) is 5.75 Å². The second-order valence-electron chi connectivity index (χ2n) is 4.85. The topological polar surface area (TPSA) is 34.1 Å². The number of nitrogens with zero attached hydrogens (tertiary/aromatic N) is 1. The summed E-state index contributed by atoms with van der Waals surface area (Å²) in [6.45, 7) is 5.73. The summed E-state index contributed by atoms with van der Waals surface area (Å²) in [6.07, 6.45) is 4.60. The van der Waals surface area contributed by atoms with E-state index in [1.807, 2.05) is 30.5 Å². The minimum Gasteiger partial charge on any atom is -0.492 e. The predicted octanol–water partition coefficient (Wildman–Crippen LogP) is 4.22.